The molecule has 2 N–H and O–H groups in total. The van der Waals surface area contributed by atoms with Crippen LogP contribution >= 0.6 is 0 Å². The summed E-state index contributed by atoms with van der Waals surface area (Å²) in [6, 6.07) is 4.67. The predicted octanol–water partition coefficient (Wildman–Crippen LogP) is 2.30. The van der Waals surface area contributed by atoms with Gasteiger partial charge in [0.25, 0.3) is 0 Å². The molecule has 1 aromatic rings. The van der Waals surface area contributed by atoms with Crippen LogP contribution in [0, 0.1) is 5.41 Å². The molecule has 122 valence electrons. The maximum Gasteiger partial charge on any atom is 0.223 e. The highest BCUT2D eigenvalue weighted by Crippen LogP contribution is 2.27. The van der Waals surface area contributed by atoms with Gasteiger partial charge in [0.1, 0.15) is 0 Å². The molecule has 1 atom stereocenters. The van der Waals surface area contributed by atoms with Crippen molar-refractivity contribution < 1.29 is 19.7 Å². The van der Waals surface area contributed by atoms with Gasteiger partial charge in [-0.25, -0.2) is 0 Å². The Balaban J connectivity index is 1.90. The van der Waals surface area contributed by atoms with Crippen molar-refractivity contribution in [1.82, 2.24) is 4.90 Å². The molecule has 1 aliphatic heterocycles. The zero-order chi connectivity index (χ0) is 16.3. The number of carbonyl (C=O) groups is 1. The second-order valence-electron chi connectivity index (χ2n) is 6.89. The highest BCUT2D eigenvalue weighted by Gasteiger charge is 2.32. The Labute approximate surface area is 131 Å². The molecule has 5 nitrogen and oxygen atoms in total. The molecule has 1 heterocycles. The molecular weight excluding hydrogens is 282 g/mol. The molecule has 1 fully saturated rings. The van der Waals surface area contributed by atoms with Crippen LogP contribution in [0.1, 0.15) is 32.8 Å². The number of hydrogen-bond donors (Lipinski definition) is 2. The minimum atomic E-state index is -0.149. The summed E-state index contributed by atoms with van der Waals surface area (Å²) in [5.41, 5.74) is 0.853. The lowest BCUT2D eigenvalue weighted by atomic mass is 9.88. The second-order valence-corrected chi connectivity index (χ2v) is 6.89. The monoisotopic (exact) mass is 307 g/mol. The number of carbonyl (C=O) groups excluding carboxylic acids is 1. The minimum absolute atomic E-state index is 0.0156. The summed E-state index contributed by atoms with van der Waals surface area (Å²) in [5.74, 6) is -0.189. The fourth-order valence-corrected chi connectivity index (χ4v) is 2.53. The highest BCUT2D eigenvalue weighted by molar-refractivity contribution is 5.76. The van der Waals surface area contributed by atoms with Gasteiger partial charge in [-0.1, -0.05) is 26.8 Å². The first-order chi connectivity index (χ1) is 10.3. The van der Waals surface area contributed by atoms with E-state index < -0.39 is 0 Å². The van der Waals surface area contributed by atoms with E-state index in [1.165, 1.54) is 12.1 Å². The highest BCUT2D eigenvalue weighted by atomic mass is 16.5. The average Bonchev–Trinajstić information content (AvgIpc) is 2.47. The number of phenolic OH excluding ortho intramolecular Hbond substituents is 2. The number of nitrogens with zero attached hydrogens (tertiary/aromatic N) is 1. The summed E-state index contributed by atoms with van der Waals surface area (Å²) in [6.45, 7) is 8.18. The van der Waals surface area contributed by atoms with Crippen molar-refractivity contribution in [1.29, 1.82) is 0 Å². The lowest BCUT2D eigenvalue weighted by molar-refractivity contribution is -0.143. The van der Waals surface area contributed by atoms with Crippen LogP contribution in [-0.4, -0.2) is 46.8 Å². The Hall–Kier alpha value is -1.75. The Kier molecular flexibility index (Phi) is 4.96. The molecule has 0 aliphatic carbocycles. The van der Waals surface area contributed by atoms with Crippen molar-refractivity contribution in [2.45, 2.75) is 39.7 Å². The Bertz CT molecular complexity index is 536. The molecule has 0 spiro atoms. The van der Waals surface area contributed by atoms with E-state index in [4.69, 9.17) is 4.74 Å². The average molecular weight is 307 g/mol. The third-order valence-electron chi connectivity index (χ3n) is 4.05. The van der Waals surface area contributed by atoms with Crippen LogP contribution in [0.5, 0.6) is 11.5 Å². The van der Waals surface area contributed by atoms with Gasteiger partial charge < -0.3 is 19.8 Å². The van der Waals surface area contributed by atoms with Crippen molar-refractivity contribution in [2.75, 3.05) is 19.7 Å². The van der Waals surface area contributed by atoms with E-state index in [-0.39, 0.29) is 28.9 Å². The summed E-state index contributed by atoms with van der Waals surface area (Å²) < 4.78 is 5.76. The van der Waals surface area contributed by atoms with E-state index in [0.717, 1.165) is 5.56 Å². The van der Waals surface area contributed by atoms with Gasteiger partial charge in [0.2, 0.25) is 5.91 Å². The van der Waals surface area contributed by atoms with Gasteiger partial charge in [-0.3, -0.25) is 4.79 Å². The molecule has 1 saturated heterocycles. The first-order valence-corrected chi connectivity index (χ1v) is 7.67. The van der Waals surface area contributed by atoms with Crippen molar-refractivity contribution in [3.05, 3.63) is 23.8 Å². The van der Waals surface area contributed by atoms with Crippen LogP contribution in [0.4, 0.5) is 0 Å². The van der Waals surface area contributed by atoms with Crippen molar-refractivity contribution in [3.63, 3.8) is 0 Å². The fraction of sp³-hybridized carbons (Fsp3) is 0.588. The van der Waals surface area contributed by atoms with Crippen LogP contribution in [0.2, 0.25) is 0 Å². The van der Waals surface area contributed by atoms with Crippen LogP contribution in [-0.2, 0) is 16.0 Å². The molecule has 0 aromatic heterocycles. The zero-order valence-electron chi connectivity index (χ0n) is 13.5. The first kappa shape index (κ1) is 16.6. The summed E-state index contributed by atoms with van der Waals surface area (Å²) in [6.07, 6.45) is 0.994. The topological polar surface area (TPSA) is 70.0 Å². The van der Waals surface area contributed by atoms with E-state index >= 15 is 0 Å². The quantitative estimate of drug-likeness (QED) is 0.841. The molecule has 0 radical (unpaired) electrons. The van der Waals surface area contributed by atoms with Crippen LogP contribution < -0.4 is 0 Å². The summed E-state index contributed by atoms with van der Waals surface area (Å²) >= 11 is 0. The number of benzene rings is 1. The van der Waals surface area contributed by atoms with E-state index in [0.29, 0.717) is 32.5 Å². The molecular formula is C17H25NO4. The van der Waals surface area contributed by atoms with E-state index in [1.807, 2.05) is 4.90 Å². The van der Waals surface area contributed by atoms with Gasteiger partial charge >= 0.3 is 0 Å². The SMILES string of the molecule is CC(C)(C)C1CN(C(=O)CCc2ccc(O)c(O)c2)CCO1. The molecule has 5 heteroatoms. The smallest absolute Gasteiger partial charge is 0.223 e. The normalized spacial score (nSPS) is 19.2. The van der Waals surface area contributed by atoms with Crippen LogP contribution in [0.3, 0.4) is 0 Å². The molecule has 1 aliphatic rings. The van der Waals surface area contributed by atoms with Crippen molar-refractivity contribution in [2.24, 2.45) is 5.41 Å². The first-order valence-electron chi connectivity index (χ1n) is 7.67. The van der Waals surface area contributed by atoms with E-state index in [2.05, 4.69) is 20.8 Å². The number of phenols is 2. The number of morpholine rings is 1. The zero-order valence-corrected chi connectivity index (χ0v) is 13.5. The standard InChI is InChI=1S/C17H25NO4/c1-17(2,3)15-11-18(8-9-22-15)16(21)7-5-12-4-6-13(19)14(20)10-12/h4,6,10,15,19-20H,5,7-9,11H2,1-3H3. The number of hydrogen-bond acceptors (Lipinski definition) is 4. The molecule has 1 unspecified atom stereocenters. The third kappa shape index (κ3) is 4.13. The Morgan fingerprint density at radius 3 is 2.68 bits per heavy atom. The predicted molar refractivity (Wildman–Crippen MR) is 83.9 cm³/mol. The summed E-state index contributed by atoms with van der Waals surface area (Å²) in [5, 5.41) is 18.8. The third-order valence-corrected chi connectivity index (χ3v) is 4.05. The van der Waals surface area contributed by atoms with Gasteiger partial charge in [-0.15, -0.1) is 0 Å². The van der Waals surface area contributed by atoms with Crippen LogP contribution in [0.25, 0.3) is 0 Å². The number of aryl methyl sites for hydroxylation is 1. The molecule has 22 heavy (non-hydrogen) atoms. The second kappa shape index (κ2) is 6.57. The Morgan fingerprint density at radius 2 is 2.05 bits per heavy atom. The molecule has 2 rings (SSSR count). The summed E-state index contributed by atoms with van der Waals surface area (Å²) in [4.78, 5) is 14.2. The number of aromatic hydroxyl groups is 2. The number of rotatable bonds is 3. The Morgan fingerprint density at radius 1 is 1.32 bits per heavy atom. The lowest BCUT2D eigenvalue weighted by Crippen LogP contribution is -2.50. The number of amides is 1. The van der Waals surface area contributed by atoms with E-state index in [1.54, 1.807) is 6.07 Å². The maximum absolute atomic E-state index is 12.4. The van der Waals surface area contributed by atoms with Crippen molar-refractivity contribution >= 4 is 5.91 Å². The molecule has 1 amide bonds. The van der Waals surface area contributed by atoms with Gasteiger partial charge in [0.15, 0.2) is 11.5 Å². The molecule has 1 aromatic carbocycles. The molecule has 0 saturated carbocycles. The number of ether oxygens (including phenoxy) is 1. The minimum Gasteiger partial charge on any atom is -0.504 e. The molecule has 0 bridgehead atoms. The maximum atomic E-state index is 12.4. The summed E-state index contributed by atoms with van der Waals surface area (Å²) in [7, 11) is 0. The van der Waals surface area contributed by atoms with E-state index in [9.17, 15) is 15.0 Å². The van der Waals surface area contributed by atoms with Gasteiger partial charge in [0, 0.05) is 19.5 Å². The van der Waals surface area contributed by atoms with Crippen molar-refractivity contribution in [3.8, 4) is 11.5 Å². The van der Waals surface area contributed by atoms with Gasteiger partial charge in [0.05, 0.1) is 12.7 Å². The lowest BCUT2D eigenvalue weighted by Gasteiger charge is -2.39. The van der Waals surface area contributed by atoms with Gasteiger partial charge in [-0.2, -0.15) is 0 Å². The van der Waals surface area contributed by atoms with Crippen LogP contribution in [0.15, 0.2) is 18.2 Å². The fourth-order valence-electron chi connectivity index (χ4n) is 2.53. The van der Waals surface area contributed by atoms with Gasteiger partial charge in [-0.05, 0) is 29.5 Å². The largest absolute Gasteiger partial charge is 0.504 e.